The molecular formula is C19H23N. The van der Waals surface area contributed by atoms with Gasteiger partial charge in [-0.3, -0.25) is 0 Å². The lowest BCUT2D eigenvalue weighted by Gasteiger charge is -2.14. The highest BCUT2D eigenvalue weighted by Gasteiger charge is 2.32. The monoisotopic (exact) mass is 265 g/mol. The van der Waals surface area contributed by atoms with E-state index in [9.17, 15) is 0 Å². The fourth-order valence-electron chi connectivity index (χ4n) is 2.72. The van der Waals surface area contributed by atoms with Gasteiger partial charge in [-0.15, -0.1) is 0 Å². The molecule has 0 aliphatic heterocycles. The molecule has 1 aliphatic carbocycles. The van der Waals surface area contributed by atoms with E-state index in [2.05, 4.69) is 73.8 Å². The smallest absolute Gasteiger partial charge is 0.0291 e. The number of benzene rings is 2. The molecule has 0 amide bonds. The van der Waals surface area contributed by atoms with Crippen LogP contribution in [0, 0.1) is 11.8 Å². The number of nitrogens with one attached hydrogen (secondary N) is 1. The van der Waals surface area contributed by atoms with Crippen LogP contribution in [0.3, 0.4) is 0 Å². The molecule has 1 N–H and O–H groups in total. The van der Waals surface area contributed by atoms with Crippen molar-refractivity contribution in [1.29, 1.82) is 0 Å². The molecule has 0 bridgehead atoms. The topological polar surface area (TPSA) is 12.0 Å². The lowest BCUT2D eigenvalue weighted by molar-refractivity contribution is 0.535. The first kappa shape index (κ1) is 13.4. The molecule has 0 heterocycles. The Morgan fingerprint density at radius 1 is 1.00 bits per heavy atom. The zero-order chi connectivity index (χ0) is 13.9. The van der Waals surface area contributed by atoms with Crippen LogP contribution in [0.2, 0.25) is 0 Å². The third-order valence-electron chi connectivity index (χ3n) is 4.48. The second-order valence-corrected chi connectivity index (χ2v) is 6.09. The summed E-state index contributed by atoms with van der Waals surface area (Å²) in [5.41, 5.74) is 3.95. The molecule has 1 nitrogen and oxygen atoms in total. The van der Waals surface area contributed by atoms with Crippen molar-refractivity contribution in [2.24, 2.45) is 11.8 Å². The van der Waals surface area contributed by atoms with Crippen LogP contribution in [0.5, 0.6) is 0 Å². The van der Waals surface area contributed by atoms with E-state index in [1.54, 1.807) is 0 Å². The zero-order valence-corrected chi connectivity index (χ0v) is 12.3. The summed E-state index contributed by atoms with van der Waals surface area (Å²) in [6, 6.07) is 19.9. The Bertz CT molecular complexity index is 544. The summed E-state index contributed by atoms with van der Waals surface area (Å²) in [5, 5.41) is 3.65. The van der Waals surface area contributed by atoms with E-state index in [4.69, 9.17) is 0 Å². The average molecular weight is 265 g/mol. The first-order chi connectivity index (χ1) is 9.74. The van der Waals surface area contributed by atoms with Gasteiger partial charge in [-0.1, -0.05) is 61.5 Å². The maximum absolute atomic E-state index is 3.65. The SMILES string of the molecule is CC(NCC1CC1C)c1ccc(-c2ccccc2)cc1. The summed E-state index contributed by atoms with van der Waals surface area (Å²) in [5.74, 6) is 1.83. The van der Waals surface area contributed by atoms with Crippen LogP contribution in [0.25, 0.3) is 11.1 Å². The summed E-state index contributed by atoms with van der Waals surface area (Å²) >= 11 is 0. The third kappa shape index (κ3) is 3.10. The molecule has 2 aromatic carbocycles. The molecule has 1 fully saturated rings. The lowest BCUT2D eigenvalue weighted by Crippen LogP contribution is -2.21. The minimum absolute atomic E-state index is 0.438. The van der Waals surface area contributed by atoms with Gasteiger partial charge in [0.2, 0.25) is 0 Å². The van der Waals surface area contributed by atoms with Crippen molar-refractivity contribution in [3.63, 3.8) is 0 Å². The fourth-order valence-corrected chi connectivity index (χ4v) is 2.72. The van der Waals surface area contributed by atoms with Gasteiger partial charge in [-0.25, -0.2) is 0 Å². The largest absolute Gasteiger partial charge is 0.310 e. The maximum atomic E-state index is 3.65. The highest BCUT2D eigenvalue weighted by Crippen LogP contribution is 2.37. The number of rotatable bonds is 5. The van der Waals surface area contributed by atoms with Crippen molar-refractivity contribution in [2.75, 3.05) is 6.54 Å². The number of hydrogen-bond acceptors (Lipinski definition) is 1. The van der Waals surface area contributed by atoms with E-state index in [0.717, 1.165) is 18.4 Å². The fraction of sp³-hybridized carbons (Fsp3) is 0.368. The first-order valence-corrected chi connectivity index (χ1v) is 7.63. The molecule has 3 unspecified atom stereocenters. The normalized spacial score (nSPS) is 22.5. The van der Waals surface area contributed by atoms with Crippen LogP contribution < -0.4 is 5.32 Å². The van der Waals surface area contributed by atoms with Crippen molar-refractivity contribution in [2.45, 2.75) is 26.3 Å². The van der Waals surface area contributed by atoms with Crippen molar-refractivity contribution in [1.82, 2.24) is 5.32 Å². The van der Waals surface area contributed by atoms with E-state index in [-0.39, 0.29) is 0 Å². The van der Waals surface area contributed by atoms with Gasteiger partial charge in [0.05, 0.1) is 0 Å². The van der Waals surface area contributed by atoms with Crippen LogP contribution in [0.1, 0.15) is 31.9 Å². The van der Waals surface area contributed by atoms with Crippen molar-refractivity contribution < 1.29 is 0 Å². The van der Waals surface area contributed by atoms with Crippen molar-refractivity contribution in [3.05, 3.63) is 60.2 Å². The molecule has 3 rings (SSSR count). The summed E-state index contributed by atoms with van der Waals surface area (Å²) in [4.78, 5) is 0. The molecule has 0 radical (unpaired) electrons. The molecule has 3 atom stereocenters. The molecular weight excluding hydrogens is 242 g/mol. The molecule has 1 saturated carbocycles. The van der Waals surface area contributed by atoms with E-state index < -0.39 is 0 Å². The van der Waals surface area contributed by atoms with Crippen LogP contribution in [-0.2, 0) is 0 Å². The molecule has 104 valence electrons. The Morgan fingerprint density at radius 2 is 1.60 bits per heavy atom. The predicted molar refractivity (Wildman–Crippen MR) is 85.6 cm³/mol. The summed E-state index contributed by atoms with van der Waals surface area (Å²) in [7, 11) is 0. The van der Waals surface area contributed by atoms with Gasteiger partial charge in [-0.2, -0.15) is 0 Å². The van der Waals surface area contributed by atoms with Crippen LogP contribution in [0.15, 0.2) is 54.6 Å². The maximum Gasteiger partial charge on any atom is 0.0291 e. The van der Waals surface area contributed by atoms with E-state index in [1.807, 2.05) is 0 Å². The highest BCUT2D eigenvalue weighted by atomic mass is 14.9. The molecule has 2 aromatic rings. The standard InChI is InChI=1S/C19H23N/c1-14-12-19(14)13-20-15(2)16-8-10-18(11-9-16)17-6-4-3-5-7-17/h3-11,14-15,19-20H,12-13H2,1-2H3. The van der Waals surface area contributed by atoms with Crippen molar-refractivity contribution in [3.8, 4) is 11.1 Å². The summed E-state index contributed by atoms with van der Waals surface area (Å²) in [6.45, 7) is 5.75. The Hall–Kier alpha value is -1.60. The Labute approximate surface area is 122 Å². The number of hydrogen-bond donors (Lipinski definition) is 1. The molecule has 0 aromatic heterocycles. The average Bonchev–Trinajstić information content (AvgIpc) is 3.21. The van der Waals surface area contributed by atoms with E-state index in [0.29, 0.717) is 6.04 Å². The van der Waals surface area contributed by atoms with Crippen LogP contribution >= 0.6 is 0 Å². The van der Waals surface area contributed by atoms with E-state index in [1.165, 1.54) is 23.1 Å². The highest BCUT2D eigenvalue weighted by molar-refractivity contribution is 5.63. The Kier molecular flexibility index (Phi) is 3.88. The Morgan fingerprint density at radius 3 is 2.20 bits per heavy atom. The van der Waals surface area contributed by atoms with Crippen molar-refractivity contribution >= 4 is 0 Å². The molecule has 0 spiro atoms. The van der Waals surface area contributed by atoms with Gasteiger partial charge in [0, 0.05) is 6.04 Å². The van der Waals surface area contributed by atoms with Crippen LogP contribution in [0.4, 0.5) is 0 Å². The second-order valence-electron chi connectivity index (χ2n) is 6.09. The van der Waals surface area contributed by atoms with Gasteiger partial charge in [-0.05, 0) is 48.4 Å². The lowest BCUT2D eigenvalue weighted by atomic mass is 10.0. The molecule has 0 saturated heterocycles. The quantitative estimate of drug-likeness (QED) is 0.829. The van der Waals surface area contributed by atoms with Gasteiger partial charge in [0.25, 0.3) is 0 Å². The van der Waals surface area contributed by atoms with Gasteiger partial charge in [0.1, 0.15) is 0 Å². The third-order valence-corrected chi connectivity index (χ3v) is 4.48. The minimum atomic E-state index is 0.438. The van der Waals surface area contributed by atoms with Gasteiger partial charge < -0.3 is 5.32 Å². The first-order valence-electron chi connectivity index (χ1n) is 7.63. The summed E-state index contributed by atoms with van der Waals surface area (Å²) < 4.78 is 0. The van der Waals surface area contributed by atoms with E-state index >= 15 is 0 Å². The molecule has 1 heteroatoms. The zero-order valence-electron chi connectivity index (χ0n) is 12.3. The summed E-state index contributed by atoms with van der Waals surface area (Å²) in [6.07, 6.45) is 1.40. The Balaban J connectivity index is 1.63. The van der Waals surface area contributed by atoms with Gasteiger partial charge >= 0.3 is 0 Å². The molecule has 20 heavy (non-hydrogen) atoms. The van der Waals surface area contributed by atoms with Gasteiger partial charge in [0.15, 0.2) is 0 Å². The van der Waals surface area contributed by atoms with Crippen LogP contribution in [-0.4, -0.2) is 6.54 Å². The molecule has 1 aliphatic rings. The second kappa shape index (κ2) is 5.80. The predicted octanol–water partition coefficient (Wildman–Crippen LogP) is 4.66. The minimum Gasteiger partial charge on any atom is -0.310 e.